The van der Waals surface area contributed by atoms with E-state index in [1.807, 2.05) is 30.3 Å². The zero-order valence-electron chi connectivity index (χ0n) is 16.7. The molecule has 0 saturated heterocycles. The molecule has 11 nitrogen and oxygen atoms in total. The Kier molecular flexibility index (Phi) is 14.0. The average molecular weight is 425 g/mol. The second-order valence-corrected chi connectivity index (χ2v) is 6.41. The van der Waals surface area contributed by atoms with Crippen LogP contribution in [0, 0.1) is 0 Å². The van der Waals surface area contributed by atoms with Crippen molar-refractivity contribution in [3.8, 4) is 0 Å². The molecule has 0 radical (unpaired) electrons. The van der Waals surface area contributed by atoms with E-state index in [0.29, 0.717) is 32.2 Å². The fraction of sp³-hybridized carbons (Fsp3) is 0.474. The first-order chi connectivity index (χ1) is 14.1. The van der Waals surface area contributed by atoms with E-state index in [-0.39, 0.29) is 18.9 Å². The number of benzene rings is 1. The Hall–Kier alpha value is -3.18. The van der Waals surface area contributed by atoms with E-state index >= 15 is 0 Å². The number of aliphatic carboxylic acids is 3. The third-order valence-electron chi connectivity index (χ3n) is 3.88. The number of aryl methyl sites for hydroxylation is 1. The van der Waals surface area contributed by atoms with Gasteiger partial charge in [0.05, 0.1) is 6.42 Å². The van der Waals surface area contributed by atoms with Crippen molar-refractivity contribution in [2.24, 2.45) is 22.2 Å². The highest BCUT2D eigenvalue weighted by molar-refractivity contribution is 5.75. The molecule has 1 aromatic carbocycles. The normalized spacial score (nSPS) is 12.0. The molecule has 11 heteroatoms. The molecule has 2 atom stereocenters. The molecule has 0 aliphatic carbocycles. The number of nitrogens with one attached hydrogen (secondary N) is 1. The molecule has 168 valence electrons. The maximum atomic E-state index is 11.0. The molecule has 0 aliphatic heterocycles. The number of carboxylic acid groups (broad SMARTS) is 3. The highest BCUT2D eigenvalue weighted by Crippen LogP contribution is 2.05. The minimum atomic E-state index is -1.00. The Morgan fingerprint density at radius 1 is 1.00 bits per heavy atom. The second-order valence-electron chi connectivity index (χ2n) is 6.41. The monoisotopic (exact) mass is 425 g/mol. The third kappa shape index (κ3) is 14.8. The molecule has 10 N–H and O–H groups in total. The van der Waals surface area contributed by atoms with Crippen LogP contribution in [0.25, 0.3) is 0 Å². The van der Waals surface area contributed by atoms with Gasteiger partial charge < -0.3 is 37.8 Å². The Bertz CT molecular complexity index is 679. The van der Waals surface area contributed by atoms with Crippen LogP contribution in [0.5, 0.6) is 0 Å². The van der Waals surface area contributed by atoms with E-state index in [4.69, 9.17) is 32.5 Å². The van der Waals surface area contributed by atoms with Crippen LogP contribution in [0.3, 0.4) is 0 Å². The zero-order valence-corrected chi connectivity index (χ0v) is 16.7. The molecule has 0 amide bonds. The van der Waals surface area contributed by atoms with Gasteiger partial charge in [0.25, 0.3) is 0 Å². The van der Waals surface area contributed by atoms with Gasteiger partial charge in [-0.25, -0.2) is 0 Å². The first-order valence-electron chi connectivity index (χ1n) is 9.39. The summed E-state index contributed by atoms with van der Waals surface area (Å²) in [6.07, 6.45) is 1.98. The summed E-state index contributed by atoms with van der Waals surface area (Å²) < 4.78 is 0. The summed E-state index contributed by atoms with van der Waals surface area (Å²) in [6, 6.07) is 8.07. The van der Waals surface area contributed by atoms with Crippen LogP contribution in [0.1, 0.15) is 31.2 Å². The summed E-state index contributed by atoms with van der Waals surface area (Å²) in [5.41, 5.74) is 16.4. The lowest BCUT2D eigenvalue weighted by molar-refractivity contribution is -0.141. The molecule has 0 spiro atoms. The number of nitrogens with two attached hydrogens (primary N) is 3. The van der Waals surface area contributed by atoms with Crippen molar-refractivity contribution in [1.82, 2.24) is 5.32 Å². The molecule has 0 aliphatic rings. The maximum Gasteiger partial charge on any atom is 0.320 e. The molecule has 30 heavy (non-hydrogen) atoms. The van der Waals surface area contributed by atoms with E-state index in [1.54, 1.807) is 0 Å². The average Bonchev–Trinajstić information content (AvgIpc) is 2.68. The van der Waals surface area contributed by atoms with E-state index < -0.39 is 30.0 Å². The number of nitrogens with zero attached hydrogens (tertiary/aromatic N) is 1. The molecular formula is C19H31N5O6. The smallest absolute Gasteiger partial charge is 0.320 e. The van der Waals surface area contributed by atoms with Gasteiger partial charge in [0.15, 0.2) is 5.96 Å². The summed E-state index contributed by atoms with van der Waals surface area (Å²) in [4.78, 5) is 35.2. The van der Waals surface area contributed by atoms with Crippen molar-refractivity contribution in [1.29, 1.82) is 0 Å². The summed E-state index contributed by atoms with van der Waals surface area (Å²) >= 11 is 0. The third-order valence-corrected chi connectivity index (χ3v) is 3.88. The topological polar surface area (TPSA) is 214 Å². The largest absolute Gasteiger partial charge is 0.481 e. The van der Waals surface area contributed by atoms with Gasteiger partial charge in [-0.05, 0) is 31.2 Å². The van der Waals surface area contributed by atoms with Gasteiger partial charge in [-0.3, -0.25) is 19.4 Å². The minimum absolute atomic E-state index is 0.0129. The number of carboxylic acids is 3. The lowest BCUT2D eigenvalue weighted by Crippen LogP contribution is -2.38. The molecule has 0 fully saturated rings. The summed E-state index contributed by atoms with van der Waals surface area (Å²) in [5, 5.41) is 28.6. The number of guanidine groups is 1. The van der Waals surface area contributed by atoms with Crippen molar-refractivity contribution in [3.05, 3.63) is 35.9 Å². The number of hydrogen-bond acceptors (Lipinski definition) is 6. The first-order valence-corrected chi connectivity index (χ1v) is 9.39. The minimum Gasteiger partial charge on any atom is -0.481 e. The predicted molar refractivity (Wildman–Crippen MR) is 112 cm³/mol. The van der Waals surface area contributed by atoms with Gasteiger partial charge in [-0.1, -0.05) is 30.3 Å². The molecule has 0 heterocycles. The van der Waals surface area contributed by atoms with Gasteiger partial charge in [0, 0.05) is 13.1 Å². The van der Waals surface area contributed by atoms with Gasteiger partial charge in [0.1, 0.15) is 12.1 Å². The van der Waals surface area contributed by atoms with Crippen LogP contribution >= 0.6 is 0 Å². The zero-order chi connectivity index (χ0) is 22.9. The molecule has 0 unspecified atom stereocenters. The molecule has 1 rings (SSSR count). The fourth-order valence-electron chi connectivity index (χ4n) is 2.26. The predicted octanol–water partition coefficient (Wildman–Crippen LogP) is -0.411. The number of rotatable bonds is 13. The van der Waals surface area contributed by atoms with E-state index in [9.17, 15) is 14.4 Å². The van der Waals surface area contributed by atoms with Crippen molar-refractivity contribution < 1.29 is 29.7 Å². The van der Waals surface area contributed by atoms with E-state index in [0.717, 1.165) is 5.56 Å². The van der Waals surface area contributed by atoms with Crippen molar-refractivity contribution in [2.75, 3.05) is 13.1 Å². The van der Waals surface area contributed by atoms with Crippen molar-refractivity contribution >= 4 is 23.9 Å². The quantitative estimate of drug-likeness (QED) is 0.123. The number of carbonyl (C=O) groups is 3. The Morgan fingerprint density at radius 3 is 2.13 bits per heavy atom. The summed E-state index contributed by atoms with van der Waals surface area (Å²) in [6.45, 7) is 0.588. The summed E-state index contributed by atoms with van der Waals surface area (Å²) in [5.74, 6) is -2.87. The second kappa shape index (κ2) is 15.7. The SMILES string of the molecule is NC(N)=NCCC[C@H](N)C(=O)O.O=C(O)CCN[C@H](CCc1ccccc1)C(=O)O. The van der Waals surface area contributed by atoms with Crippen LogP contribution in [0.15, 0.2) is 35.3 Å². The highest BCUT2D eigenvalue weighted by atomic mass is 16.4. The lowest BCUT2D eigenvalue weighted by atomic mass is 10.1. The van der Waals surface area contributed by atoms with Crippen LogP contribution in [-0.2, 0) is 20.8 Å². The Morgan fingerprint density at radius 2 is 1.63 bits per heavy atom. The molecule has 0 bridgehead atoms. The van der Waals surface area contributed by atoms with E-state index in [2.05, 4.69) is 10.3 Å². The number of aliphatic imine (C=N–C) groups is 1. The Labute approximate surface area is 175 Å². The number of hydrogen-bond donors (Lipinski definition) is 7. The fourth-order valence-corrected chi connectivity index (χ4v) is 2.26. The van der Waals surface area contributed by atoms with Crippen LogP contribution in [0.2, 0.25) is 0 Å². The highest BCUT2D eigenvalue weighted by Gasteiger charge is 2.16. The van der Waals surface area contributed by atoms with Crippen LogP contribution in [0.4, 0.5) is 0 Å². The molecule has 0 aromatic heterocycles. The van der Waals surface area contributed by atoms with Gasteiger partial charge in [-0.15, -0.1) is 0 Å². The lowest BCUT2D eigenvalue weighted by Gasteiger charge is -2.13. The van der Waals surface area contributed by atoms with Crippen molar-refractivity contribution in [2.45, 2.75) is 44.2 Å². The maximum absolute atomic E-state index is 11.0. The van der Waals surface area contributed by atoms with Crippen molar-refractivity contribution in [3.63, 3.8) is 0 Å². The standard InChI is InChI=1S/C13H17NO4.C6H14N4O2/c15-12(16)8-9-14-11(13(17)18)7-6-10-4-2-1-3-5-10;7-4(5(11)12)2-1-3-10-6(8)9/h1-5,11,14H,6-9H2,(H,15,16)(H,17,18);4H,1-3,7H2,(H,11,12)(H4,8,9,10)/t11-;4-/m10/s1. The molecular weight excluding hydrogens is 394 g/mol. The summed E-state index contributed by atoms with van der Waals surface area (Å²) in [7, 11) is 0. The Balaban J connectivity index is 0.000000612. The van der Waals surface area contributed by atoms with E-state index in [1.165, 1.54) is 0 Å². The first kappa shape index (κ1) is 26.8. The van der Waals surface area contributed by atoms with Gasteiger partial charge in [-0.2, -0.15) is 0 Å². The molecule has 0 saturated carbocycles. The van der Waals surface area contributed by atoms with Crippen LogP contribution < -0.4 is 22.5 Å². The van der Waals surface area contributed by atoms with Gasteiger partial charge >= 0.3 is 17.9 Å². The van der Waals surface area contributed by atoms with Gasteiger partial charge in [0.2, 0.25) is 0 Å². The van der Waals surface area contributed by atoms with Crippen LogP contribution in [-0.4, -0.2) is 64.4 Å². The molecule has 1 aromatic rings.